The average Bonchev–Trinajstić information content (AvgIpc) is 3.28. The van der Waals surface area contributed by atoms with Crippen LogP contribution in [-0.4, -0.2) is 62.7 Å². The number of halogens is 1. The predicted molar refractivity (Wildman–Crippen MR) is 116 cm³/mol. The monoisotopic (exact) mass is 420 g/mol. The molecule has 7 nitrogen and oxygen atoms in total. The SMILES string of the molecule is C[C@H](Cc1ncnc2nc[nH]c12)c1cc2c(F)cccc2c(CCN2CCOCC2)n1. The van der Waals surface area contributed by atoms with Gasteiger partial charge in [0, 0.05) is 60.6 Å². The number of benzene rings is 1. The van der Waals surface area contributed by atoms with Crippen LogP contribution in [0.15, 0.2) is 36.9 Å². The highest BCUT2D eigenvalue weighted by molar-refractivity contribution is 5.85. The number of nitrogens with one attached hydrogen (secondary N) is 1. The summed E-state index contributed by atoms with van der Waals surface area (Å²) in [5.41, 5.74) is 4.20. The fourth-order valence-electron chi connectivity index (χ4n) is 4.23. The van der Waals surface area contributed by atoms with E-state index in [1.807, 2.05) is 12.1 Å². The lowest BCUT2D eigenvalue weighted by atomic mass is 9.97. The summed E-state index contributed by atoms with van der Waals surface area (Å²) < 4.78 is 20.2. The highest BCUT2D eigenvalue weighted by atomic mass is 19.1. The molecule has 160 valence electrons. The number of imidazole rings is 1. The van der Waals surface area contributed by atoms with Gasteiger partial charge in [0.05, 0.1) is 25.2 Å². The fraction of sp³-hybridized carbons (Fsp3) is 0.391. The van der Waals surface area contributed by atoms with E-state index in [1.54, 1.807) is 12.4 Å². The highest BCUT2D eigenvalue weighted by Crippen LogP contribution is 2.28. The number of hydrogen-bond donors (Lipinski definition) is 1. The molecule has 0 saturated carbocycles. The van der Waals surface area contributed by atoms with Gasteiger partial charge < -0.3 is 9.72 Å². The molecule has 1 N–H and O–H groups in total. The maximum absolute atomic E-state index is 14.7. The van der Waals surface area contributed by atoms with E-state index in [9.17, 15) is 4.39 Å². The Bertz CT molecular complexity index is 1200. The predicted octanol–water partition coefficient (Wildman–Crippen LogP) is 3.26. The maximum Gasteiger partial charge on any atom is 0.180 e. The molecule has 1 aliphatic heterocycles. The molecule has 31 heavy (non-hydrogen) atoms. The first-order valence-electron chi connectivity index (χ1n) is 10.7. The first kappa shape index (κ1) is 20.0. The van der Waals surface area contributed by atoms with E-state index in [4.69, 9.17) is 9.72 Å². The summed E-state index contributed by atoms with van der Waals surface area (Å²) in [5.74, 6) is -0.147. The molecule has 4 aromatic rings. The number of H-pyrrole nitrogens is 1. The van der Waals surface area contributed by atoms with Gasteiger partial charge in [0.1, 0.15) is 17.7 Å². The number of aromatic amines is 1. The van der Waals surface area contributed by atoms with Crippen molar-refractivity contribution in [1.82, 2.24) is 29.8 Å². The van der Waals surface area contributed by atoms with Crippen LogP contribution in [0, 0.1) is 5.82 Å². The van der Waals surface area contributed by atoms with E-state index in [0.29, 0.717) is 17.5 Å². The van der Waals surface area contributed by atoms with Crippen molar-refractivity contribution in [3.05, 3.63) is 59.8 Å². The zero-order valence-corrected chi connectivity index (χ0v) is 17.5. The van der Waals surface area contributed by atoms with Gasteiger partial charge in [-0.05, 0) is 12.1 Å². The molecule has 0 spiro atoms. The first-order chi connectivity index (χ1) is 15.2. The number of fused-ring (bicyclic) bond motifs is 2. The Morgan fingerprint density at radius 2 is 2.00 bits per heavy atom. The number of hydrogen-bond acceptors (Lipinski definition) is 6. The average molecular weight is 420 g/mol. The summed E-state index contributed by atoms with van der Waals surface area (Å²) in [6.07, 6.45) is 4.60. The lowest BCUT2D eigenvalue weighted by Crippen LogP contribution is -2.37. The number of pyridine rings is 1. The van der Waals surface area contributed by atoms with Crippen LogP contribution in [0.4, 0.5) is 4.39 Å². The van der Waals surface area contributed by atoms with E-state index in [0.717, 1.165) is 67.3 Å². The molecule has 4 heterocycles. The minimum Gasteiger partial charge on any atom is -0.379 e. The molecule has 0 radical (unpaired) electrons. The van der Waals surface area contributed by atoms with Gasteiger partial charge in [-0.1, -0.05) is 19.1 Å². The van der Waals surface area contributed by atoms with Crippen LogP contribution in [0.1, 0.15) is 29.9 Å². The van der Waals surface area contributed by atoms with Gasteiger partial charge in [-0.15, -0.1) is 0 Å². The van der Waals surface area contributed by atoms with Gasteiger partial charge in [0.15, 0.2) is 5.65 Å². The van der Waals surface area contributed by atoms with Gasteiger partial charge in [-0.3, -0.25) is 9.88 Å². The van der Waals surface area contributed by atoms with Crippen LogP contribution in [0.3, 0.4) is 0 Å². The van der Waals surface area contributed by atoms with Crippen molar-refractivity contribution in [2.24, 2.45) is 0 Å². The minimum atomic E-state index is -0.209. The molecular weight excluding hydrogens is 395 g/mol. The number of aromatic nitrogens is 5. The third-order valence-electron chi connectivity index (χ3n) is 5.99. The van der Waals surface area contributed by atoms with E-state index >= 15 is 0 Å². The van der Waals surface area contributed by atoms with Crippen LogP contribution in [0.2, 0.25) is 0 Å². The molecule has 1 atom stereocenters. The largest absolute Gasteiger partial charge is 0.379 e. The van der Waals surface area contributed by atoms with Crippen LogP contribution < -0.4 is 0 Å². The molecule has 8 heteroatoms. The standard InChI is InChI=1S/C23H25FN6O/c1-15(11-21-22-23(27-13-25-21)28-14-26-22)20-12-17-16(3-2-4-18(17)24)19(29-20)5-6-30-7-9-31-10-8-30/h2-4,12-15H,5-11H2,1H3,(H,25,26,27,28)/t15-/m1/s1. The van der Waals surface area contributed by atoms with Crippen molar-refractivity contribution in [3.63, 3.8) is 0 Å². The van der Waals surface area contributed by atoms with Crippen molar-refractivity contribution in [3.8, 4) is 0 Å². The van der Waals surface area contributed by atoms with Crippen molar-refractivity contribution in [1.29, 1.82) is 0 Å². The molecule has 1 saturated heterocycles. The Morgan fingerprint density at radius 3 is 2.87 bits per heavy atom. The lowest BCUT2D eigenvalue weighted by Gasteiger charge is -2.26. The van der Waals surface area contributed by atoms with Crippen LogP contribution in [0.5, 0.6) is 0 Å². The molecule has 0 amide bonds. The highest BCUT2D eigenvalue weighted by Gasteiger charge is 2.18. The fourth-order valence-corrected chi connectivity index (χ4v) is 4.23. The van der Waals surface area contributed by atoms with Crippen LogP contribution in [-0.2, 0) is 17.6 Å². The summed E-state index contributed by atoms with van der Waals surface area (Å²) >= 11 is 0. The van der Waals surface area contributed by atoms with Crippen molar-refractivity contribution < 1.29 is 9.13 Å². The quantitative estimate of drug-likeness (QED) is 0.516. The van der Waals surface area contributed by atoms with Crippen molar-refractivity contribution in [2.45, 2.75) is 25.7 Å². The molecular formula is C23H25FN6O. The third-order valence-corrected chi connectivity index (χ3v) is 5.99. The zero-order chi connectivity index (χ0) is 21.2. The molecule has 1 fully saturated rings. The smallest absolute Gasteiger partial charge is 0.180 e. The lowest BCUT2D eigenvalue weighted by molar-refractivity contribution is 0.0384. The first-order valence-corrected chi connectivity index (χ1v) is 10.7. The summed E-state index contributed by atoms with van der Waals surface area (Å²) in [4.78, 5) is 23.3. The molecule has 0 aliphatic carbocycles. The second kappa shape index (κ2) is 8.64. The van der Waals surface area contributed by atoms with E-state index in [-0.39, 0.29) is 11.7 Å². The molecule has 5 rings (SSSR count). The van der Waals surface area contributed by atoms with Crippen LogP contribution >= 0.6 is 0 Å². The Balaban J connectivity index is 1.46. The molecule has 1 aliphatic rings. The van der Waals surface area contributed by atoms with Gasteiger partial charge in [-0.25, -0.2) is 19.3 Å². The van der Waals surface area contributed by atoms with Gasteiger partial charge in [0.25, 0.3) is 0 Å². The number of rotatable bonds is 6. The Hall–Kier alpha value is -2.97. The Morgan fingerprint density at radius 1 is 1.13 bits per heavy atom. The number of morpholine rings is 1. The topological polar surface area (TPSA) is 79.8 Å². The normalized spacial score (nSPS) is 16.2. The molecule has 0 unspecified atom stereocenters. The third kappa shape index (κ3) is 4.13. The van der Waals surface area contributed by atoms with Crippen molar-refractivity contribution >= 4 is 21.9 Å². The van der Waals surface area contributed by atoms with E-state index in [1.165, 1.54) is 12.4 Å². The Kier molecular flexibility index (Phi) is 5.57. The van der Waals surface area contributed by atoms with Crippen molar-refractivity contribution in [2.75, 3.05) is 32.8 Å². The number of ether oxygens (including phenoxy) is 1. The molecule has 0 bridgehead atoms. The molecule has 1 aromatic carbocycles. The summed E-state index contributed by atoms with van der Waals surface area (Å²) in [7, 11) is 0. The zero-order valence-electron chi connectivity index (χ0n) is 17.5. The second-order valence-corrected chi connectivity index (χ2v) is 8.06. The summed E-state index contributed by atoms with van der Waals surface area (Å²) in [6.45, 7) is 6.37. The minimum absolute atomic E-state index is 0.0625. The van der Waals surface area contributed by atoms with Gasteiger partial charge in [0.2, 0.25) is 0 Å². The summed E-state index contributed by atoms with van der Waals surface area (Å²) in [6, 6.07) is 7.13. The van der Waals surface area contributed by atoms with E-state index < -0.39 is 0 Å². The second-order valence-electron chi connectivity index (χ2n) is 8.06. The van der Waals surface area contributed by atoms with Gasteiger partial charge in [-0.2, -0.15) is 0 Å². The van der Waals surface area contributed by atoms with Gasteiger partial charge >= 0.3 is 0 Å². The summed E-state index contributed by atoms with van der Waals surface area (Å²) in [5, 5.41) is 1.52. The maximum atomic E-state index is 14.7. The number of nitrogens with zero attached hydrogens (tertiary/aromatic N) is 5. The Labute approximate surface area is 179 Å². The van der Waals surface area contributed by atoms with Crippen LogP contribution in [0.25, 0.3) is 21.9 Å². The molecule has 3 aromatic heterocycles. The van der Waals surface area contributed by atoms with E-state index in [2.05, 4.69) is 31.8 Å².